The molecule has 2 heterocycles. The Balaban J connectivity index is 1.93. The van der Waals surface area contributed by atoms with Gasteiger partial charge in [-0.15, -0.1) is 5.10 Å². The topological polar surface area (TPSA) is 89.0 Å². The van der Waals surface area contributed by atoms with Gasteiger partial charge in [0.2, 0.25) is 5.89 Å². The van der Waals surface area contributed by atoms with Crippen molar-refractivity contribution in [3.05, 3.63) is 22.9 Å². The molecular formula is C13H21N5O2. The number of nitrogens with one attached hydrogen (secondary N) is 2. The van der Waals surface area contributed by atoms with Crippen LogP contribution in [0.1, 0.15) is 49.2 Å². The van der Waals surface area contributed by atoms with E-state index in [1.54, 1.807) is 0 Å². The lowest BCUT2D eigenvalue weighted by atomic mass is 10.2. The van der Waals surface area contributed by atoms with Crippen LogP contribution in [-0.2, 0) is 6.54 Å². The molecule has 0 spiro atoms. The van der Waals surface area contributed by atoms with Crippen molar-refractivity contribution in [3.8, 4) is 0 Å². The first-order valence-corrected chi connectivity index (χ1v) is 6.84. The second kappa shape index (κ2) is 6.51. The molecule has 7 heteroatoms. The van der Waals surface area contributed by atoms with Gasteiger partial charge >= 0.3 is 6.01 Å². The molecule has 0 amide bonds. The molecular weight excluding hydrogens is 258 g/mol. The minimum Gasteiger partial charge on any atom is -0.406 e. The average molecular weight is 279 g/mol. The van der Waals surface area contributed by atoms with Gasteiger partial charge in [0, 0.05) is 12.1 Å². The van der Waals surface area contributed by atoms with Crippen molar-refractivity contribution < 1.29 is 8.94 Å². The molecule has 2 aromatic heterocycles. The highest BCUT2D eigenvalue weighted by atomic mass is 16.5. The second-order valence-corrected chi connectivity index (χ2v) is 4.78. The van der Waals surface area contributed by atoms with E-state index in [9.17, 15) is 0 Å². The van der Waals surface area contributed by atoms with Crippen molar-refractivity contribution in [2.45, 2.75) is 46.7 Å². The number of aryl methyl sites for hydroxylation is 2. The Labute approximate surface area is 118 Å². The molecule has 0 bridgehead atoms. The first-order valence-electron chi connectivity index (χ1n) is 6.84. The summed E-state index contributed by atoms with van der Waals surface area (Å²) in [4.78, 5) is 0. The van der Waals surface area contributed by atoms with Crippen LogP contribution >= 0.6 is 0 Å². The third-order valence-electron chi connectivity index (χ3n) is 3.11. The van der Waals surface area contributed by atoms with E-state index < -0.39 is 0 Å². The summed E-state index contributed by atoms with van der Waals surface area (Å²) >= 11 is 0. The predicted molar refractivity (Wildman–Crippen MR) is 74.3 cm³/mol. The van der Waals surface area contributed by atoms with Gasteiger partial charge in [0.25, 0.3) is 0 Å². The van der Waals surface area contributed by atoms with Crippen LogP contribution in [0.3, 0.4) is 0 Å². The minimum absolute atomic E-state index is 0.0528. The summed E-state index contributed by atoms with van der Waals surface area (Å²) in [7, 11) is 0. The predicted octanol–water partition coefficient (Wildman–Crippen LogP) is 2.35. The summed E-state index contributed by atoms with van der Waals surface area (Å²) in [5.74, 6) is 1.38. The fourth-order valence-corrected chi connectivity index (χ4v) is 1.85. The summed E-state index contributed by atoms with van der Waals surface area (Å²) in [6, 6.07) is 0.460. The molecule has 110 valence electrons. The highest BCUT2D eigenvalue weighted by molar-refractivity contribution is 5.27. The van der Waals surface area contributed by atoms with E-state index in [1.807, 2.05) is 20.8 Å². The van der Waals surface area contributed by atoms with E-state index in [-0.39, 0.29) is 6.04 Å². The van der Waals surface area contributed by atoms with Crippen molar-refractivity contribution in [3.63, 3.8) is 0 Å². The molecule has 0 saturated carbocycles. The Bertz CT molecular complexity index is 529. The van der Waals surface area contributed by atoms with Crippen LogP contribution in [0.4, 0.5) is 6.01 Å². The molecule has 0 saturated heterocycles. The van der Waals surface area contributed by atoms with Gasteiger partial charge < -0.3 is 19.6 Å². The van der Waals surface area contributed by atoms with Gasteiger partial charge in [-0.2, -0.15) is 0 Å². The number of rotatable bonds is 7. The maximum Gasteiger partial charge on any atom is 0.315 e. The zero-order valence-corrected chi connectivity index (χ0v) is 12.4. The van der Waals surface area contributed by atoms with E-state index in [1.165, 1.54) is 0 Å². The molecule has 0 aliphatic carbocycles. The maximum atomic E-state index is 5.57. The molecule has 0 radical (unpaired) electrons. The standard InChI is InChI=1S/C13H21N5O2/c1-5-6-14-9(3)12-16-17-13(19-12)15-7-11-8(2)18-20-10(11)4/h9,14H,5-7H2,1-4H3,(H,15,17). The van der Waals surface area contributed by atoms with Crippen molar-refractivity contribution in [2.75, 3.05) is 11.9 Å². The molecule has 2 N–H and O–H groups in total. The quantitative estimate of drug-likeness (QED) is 0.804. The Morgan fingerprint density at radius 1 is 1.25 bits per heavy atom. The number of aromatic nitrogens is 3. The van der Waals surface area contributed by atoms with Crippen molar-refractivity contribution >= 4 is 6.01 Å². The molecule has 2 rings (SSSR count). The van der Waals surface area contributed by atoms with Crippen LogP contribution in [0.15, 0.2) is 8.94 Å². The molecule has 0 aliphatic rings. The Morgan fingerprint density at radius 2 is 2.05 bits per heavy atom. The van der Waals surface area contributed by atoms with E-state index in [4.69, 9.17) is 8.94 Å². The van der Waals surface area contributed by atoms with E-state index in [2.05, 4.69) is 32.9 Å². The average Bonchev–Trinajstić information content (AvgIpc) is 3.02. The van der Waals surface area contributed by atoms with Gasteiger partial charge in [0.05, 0.1) is 11.7 Å². The summed E-state index contributed by atoms with van der Waals surface area (Å²) in [6.07, 6.45) is 1.07. The van der Waals surface area contributed by atoms with Crippen molar-refractivity contribution in [1.82, 2.24) is 20.7 Å². The molecule has 0 fully saturated rings. The van der Waals surface area contributed by atoms with Gasteiger partial charge in [0.15, 0.2) is 0 Å². The highest BCUT2D eigenvalue weighted by Gasteiger charge is 2.14. The van der Waals surface area contributed by atoms with E-state index >= 15 is 0 Å². The molecule has 1 unspecified atom stereocenters. The SMILES string of the molecule is CCCNC(C)c1nnc(NCc2c(C)noc2C)o1. The monoisotopic (exact) mass is 279 g/mol. The van der Waals surface area contributed by atoms with Crippen LogP contribution in [0, 0.1) is 13.8 Å². The van der Waals surface area contributed by atoms with E-state index in [0.717, 1.165) is 30.0 Å². The Morgan fingerprint density at radius 3 is 2.70 bits per heavy atom. The first-order chi connectivity index (χ1) is 9.61. The maximum absolute atomic E-state index is 5.57. The van der Waals surface area contributed by atoms with Gasteiger partial charge in [-0.1, -0.05) is 17.2 Å². The molecule has 0 aliphatic heterocycles. The fraction of sp³-hybridized carbons (Fsp3) is 0.615. The molecule has 7 nitrogen and oxygen atoms in total. The lowest BCUT2D eigenvalue weighted by Gasteiger charge is -2.07. The normalized spacial score (nSPS) is 12.6. The summed E-state index contributed by atoms with van der Waals surface area (Å²) < 4.78 is 10.7. The van der Waals surface area contributed by atoms with Crippen LogP contribution < -0.4 is 10.6 Å². The number of anilines is 1. The van der Waals surface area contributed by atoms with Crippen LogP contribution in [0.2, 0.25) is 0 Å². The Hall–Kier alpha value is -1.89. The lowest BCUT2D eigenvalue weighted by molar-refractivity contribution is 0.392. The molecule has 20 heavy (non-hydrogen) atoms. The summed E-state index contributed by atoms with van der Waals surface area (Å²) in [6.45, 7) is 9.38. The van der Waals surface area contributed by atoms with Gasteiger partial charge in [-0.3, -0.25) is 0 Å². The highest BCUT2D eigenvalue weighted by Crippen LogP contribution is 2.17. The number of nitrogens with zero attached hydrogens (tertiary/aromatic N) is 3. The lowest BCUT2D eigenvalue weighted by Crippen LogP contribution is -2.19. The third kappa shape index (κ3) is 3.36. The molecule has 1 atom stereocenters. The number of hydrogen-bond donors (Lipinski definition) is 2. The fourth-order valence-electron chi connectivity index (χ4n) is 1.85. The zero-order valence-electron chi connectivity index (χ0n) is 12.4. The third-order valence-corrected chi connectivity index (χ3v) is 3.11. The second-order valence-electron chi connectivity index (χ2n) is 4.78. The summed E-state index contributed by atoms with van der Waals surface area (Å²) in [5, 5.41) is 18.3. The van der Waals surface area contributed by atoms with Gasteiger partial charge in [0.1, 0.15) is 5.76 Å². The number of hydrogen-bond acceptors (Lipinski definition) is 7. The largest absolute Gasteiger partial charge is 0.406 e. The zero-order chi connectivity index (χ0) is 14.5. The molecule has 0 aromatic carbocycles. The summed E-state index contributed by atoms with van der Waals surface area (Å²) in [5.41, 5.74) is 1.88. The van der Waals surface area contributed by atoms with Gasteiger partial charge in [-0.05, 0) is 33.7 Å². The van der Waals surface area contributed by atoms with Crippen molar-refractivity contribution in [2.24, 2.45) is 0 Å². The van der Waals surface area contributed by atoms with Gasteiger partial charge in [-0.25, -0.2) is 0 Å². The Kier molecular flexibility index (Phi) is 4.73. The van der Waals surface area contributed by atoms with Crippen LogP contribution in [-0.4, -0.2) is 21.9 Å². The van der Waals surface area contributed by atoms with Crippen molar-refractivity contribution in [1.29, 1.82) is 0 Å². The minimum atomic E-state index is 0.0528. The van der Waals surface area contributed by atoms with Crippen LogP contribution in [0.5, 0.6) is 0 Å². The first kappa shape index (κ1) is 14.5. The van der Waals surface area contributed by atoms with E-state index in [0.29, 0.717) is 18.5 Å². The van der Waals surface area contributed by atoms with Crippen LogP contribution in [0.25, 0.3) is 0 Å². The smallest absolute Gasteiger partial charge is 0.315 e. The molecule has 2 aromatic rings.